The van der Waals surface area contributed by atoms with Crippen molar-refractivity contribution in [2.45, 2.75) is 51.2 Å². The summed E-state index contributed by atoms with van der Waals surface area (Å²) in [5.41, 5.74) is 1.43. The molecule has 35 heavy (non-hydrogen) atoms. The monoisotopic (exact) mass is 505 g/mol. The Bertz CT molecular complexity index is 1140. The van der Waals surface area contributed by atoms with Crippen LogP contribution in [0.3, 0.4) is 0 Å². The van der Waals surface area contributed by atoms with E-state index in [1.807, 2.05) is 0 Å². The van der Waals surface area contributed by atoms with Crippen LogP contribution in [0.2, 0.25) is 0 Å². The van der Waals surface area contributed by atoms with Gasteiger partial charge in [-0.25, -0.2) is 4.39 Å². The van der Waals surface area contributed by atoms with Gasteiger partial charge in [0.15, 0.2) is 5.60 Å². The van der Waals surface area contributed by atoms with Gasteiger partial charge in [0.2, 0.25) is 0 Å². The minimum absolute atomic E-state index is 0.0197. The average molecular weight is 505 g/mol. The van der Waals surface area contributed by atoms with Crippen molar-refractivity contribution in [3.8, 4) is 5.75 Å². The van der Waals surface area contributed by atoms with Crippen LogP contribution in [0.15, 0.2) is 30.5 Å². The summed E-state index contributed by atoms with van der Waals surface area (Å²) in [7, 11) is 0. The van der Waals surface area contributed by atoms with E-state index in [1.54, 1.807) is 0 Å². The molecular weight excluding hydrogens is 484 g/mol. The van der Waals surface area contributed by atoms with E-state index >= 15 is 0 Å². The maximum absolute atomic E-state index is 14.1. The summed E-state index contributed by atoms with van der Waals surface area (Å²) in [5, 5.41) is 2.33. The third kappa shape index (κ3) is 4.90. The maximum atomic E-state index is 14.1. The number of nitrogens with one attached hydrogen (secondary N) is 1. The van der Waals surface area contributed by atoms with Crippen LogP contribution < -0.4 is 15.8 Å². The van der Waals surface area contributed by atoms with Crippen molar-refractivity contribution in [3.63, 3.8) is 0 Å². The number of aromatic nitrogens is 1. The first kappa shape index (κ1) is 26.3. The Kier molecular flexibility index (Phi) is 7.02. The molecule has 0 bridgehead atoms. The van der Waals surface area contributed by atoms with Crippen molar-refractivity contribution >= 4 is 17.5 Å². The lowest BCUT2D eigenvalue weighted by molar-refractivity contribution is -0.272. The van der Waals surface area contributed by atoms with Gasteiger partial charge in [-0.1, -0.05) is 13.0 Å². The highest BCUT2D eigenvalue weighted by Gasteiger charge is 2.65. The molecule has 1 fully saturated rings. The minimum Gasteiger partial charge on any atom is -0.434 e. The van der Waals surface area contributed by atoms with Crippen molar-refractivity contribution in [2.24, 2.45) is 11.7 Å². The molecule has 1 aliphatic rings. The second kappa shape index (κ2) is 9.36. The highest BCUT2D eigenvalue weighted by molar-refractivity contribution is 5.97. The summed E-state index contributed by atoms with van der Waals surface area (Å²) >= 11 is 0. The van der Waals surface area contributed by atoms with Crippen LogP contribution in [0.4, 0.5) is 32.0 Å². The molecular formula is C22H21F6N3O4. The van der Waals surface area contributed by atoms with Gasteiger partial charge in [-0.05, 0) is 32.0 Å². The maximum Gasteiger partial charge on any atom is 0.417 e. The molecule has 1 unspecified atom stereocenters. The Hall–Kier alpha value is -3.35. The third-order valence-corrected chi connectivity index (χ3v) is 6.14. The SMILES string of the molecule is Cc1c(F)ccc([C@H]2C(C(=O)Nc3ccnc(C(N)=O)c3)O[C@@](C)(C(F)(F)F)[C@H]2C)c1OC(F)F. The molecule has 4 atom stereocenters. The zero-order valence-corrected chi connectivity index (χ0v) is 18.6. The van der Waals surface area contributed by atoms with Crippen molar-refractivity contribution in [1.82, 2.24) is 4.98 Å². The fourth-order valence-corrected chi connectivity index (χ4v) is 4.08. The number of ether oxygens (including phenoxy) is 2. The third-order valence-electron chi connectivity index (χ3n) is 6.14. The highest BCUT2D eigenvalue weighted by Crippen LogP contribution is 2.55. The van der Waals surface area contributed by atoms with Gasteiger partial charge >= 0.3 is 12.8 Å². The molecule has 1 saturated heterocycles. The van der Waals surface area contributed by atoms with Gasteiger partial charge < -0.3 is 20.5 Å². The molecule has 2 amide bonds. The summed E-state index contributed by atoms with van der Waals surface area (Å²) in [6.45, 7) is -0.401. The Labute approximate surface area is 195 Å². The predicted molar refractivity (Wildman–Crippen MR) is 110 cm³/mol. The lowest BCUT2D eigenvalue weighted by Crippen LogP contribution is -2.47. The van der Waals surface area contributed by atoms with Gasteiger partial charge in [-0.2, -0.15) is 22.0 Å². The molecule has 7 nitrogen and oxygen atoms in total. The molecule has 13 heteroatoms. The largest absolute Gasteiger partial charge is 0.434 e. The number of primary amides is 1. The van der Waals surface area contributed by atoms with Crippen molar-refractivity contribution in [1.29, 1.82) is 0 Å². The molecule has 3 rings (SSSR count). The van der Waals surface area contributed by atoms with Gasteiger partial charge in [0, 0.05) is 34.8 Å². The zero-order valence-electron chi connectivity index (χ0n) is 18.6. The van der Waals surface area contributed by atoms with Crippen LogP contribution >= 0.6 is 0 Å². The normalized spacial score (nSPS) is 24.5. The first-order valence-corrected chi connectivity index (χ1v) is 10.2. The number of carbonyl (C=O) groups is 2. The number of alkyl halides is 5. The minimum atomic E-state index is -4.95. The van der Waals surface area contributed by atoms with Crippen LogP contribution in [-0.2, 0) is 9.53 Å². The van der Waals surface area contributed by atoms with E-state index in [-0.39, 0.29) is 22.5 Å². The molecule has 0 aliphatic carbocycles. The van der Waals surface area contributed by atoms with E-state index in [2.05, 4.69) is 15.0 Å². The number of carbonyl (C=O) groups excluding carboxylic acids is 2. The fourth-order valence-electron chi connectivity index (χ4n) is 4.08. The summed E-state index contributed by atoms with van der Waals surface area (Å²) in [4.78, 5) is 28.2. The van der Waals surface area contributed by atoms with Gasteiger partial charge in [0.25, 0.3) is 11.8 Å². The number of pyridine rings is 1. The smallest absolute Gasteiger partial charge is 0.417 e. The Morgan fingerprint density at radius 3 is 2.49 bits per heavy atom. The number of rotatable bonds is 6. The molecule has 0 saturated carbocycles. The van der Waals surface area contributed by atoms with Crippen molar-refractivity contribution < 1.29 is 45.4 Å². The number of benzene rings is 1. The first-order chi connectivity index (χ1) is 16.2. The second-order valence-corrected chi connectivity index (χ2v) is 8.21. The number of amides is 2. The summed E-state index contributed by atoms with van der Waals surface area (Å²) in [6.07, 6.45) is -5.66. The number of nitrogens with two attached hydrogens (primary N) is 1. The van der Waals surface area contributed by atoms with Crippen LogP contribution in [0.5, 0.6) is 5.75 Å². The van der Waals surface area contributed by atoms with Gasteiger partial charge in [0.1, 0.15) is 23.4 Å². The predicted octanol–water partition coefficient (Wildman–Crippen LogP) is 4.31. The standard InChI is InChI=1S/C22H21F6N3O4/c1-9-13(23)5-4-12(16(9)34-20(24)25)15-10(2)21(3,22(26,27)28)35-17(15)19(33)31-11-6-7-30-14(8-11)18(29)32/h4-8,10,15,17,20H,1-3H3,(H2,29,32)(H,30,31,33)/t10-,15-,17?,21+/m0/s1. The number of hydrogen-bond acceptors (Lipinski definition) is 5. The number of halogens is 6. The topological polar surface area (TPSA) is 104 Å². The van der Waals surface area contributed by atoms with E-state index < -0.39 is 59.7 Å². The average Bonchev–Trinajstić information content (AvgIpc) is 3.04. The Morgan fingerprint density at radius 2 is 1.91 bits per heavy atom. The zero-order chi connectivity index (χ0) is 26.3. The van der Waals surface area contributed by atoms with Gasteiger partial charge in [-0.3, -0.25) is 14.6 Å². The van der Waals surface area contributed by atoms with Crippen LogP contribution in [-0.4, -0.2) is 41.3 Å². The molecule has 190 valence electrons. The molecule has 3 N–H and O–H groups in total. The van der Waals surface area contributed by atoms with Crippen LogP contribution in [0.25, 0.3) is 0 Å². The van der Waals surface area contributed by atoms with E-state index in [1.165, 1.54) is 6.07 Å². The van der Waals surface area contributed by atoms with E-state index in [4.69, 9.17) is 10.5 Å². The molecule has 0 radical (unpaired) electrons. The van der Waals surface area contributed by atoms with Crippen LogP contribution in [0.1, 0.15) is 41.4 Å². The second-order valence-electron chi connectivity index (χ2n) is 8.21. The quantitative estimate of drug-likeness (QED) is 0.570. The van der Waals surface area contributed by atoms with Crippen molar-refractivity contribution in [2.75, 3.05) is 5.32 Å². The highest BCUT2D eigenvalue weighted by atomic mass is 19.4. The molecule has 0 spiro atoms. The van der Waals surface area contributed by atoms with Gasteiger partial charge in [-0.15, -0.1) is 0 Å². The molecule has 1 aromatic carbocycles. The molecule has 1 aliphatic heterocycles. The molecule has 2 heterocycles. The molecule has 2 aromatic rings. The number of hydrogen-bond donors (Lipinski definition) is 2. The molecule has 1 aromatic heterocycles. The lowest BCUT2D eigenvalue weighted by atomic mass is 9.76. The van der Waals surface area contributed by atoms with E-state index in [0.717, 1.165) is 45.2 Å². The summed E-state index contributed by atoms with van der Waals surface area (Å²) < 4.78 is 92.1. The van der Waals surface area contributed by atoms with Crippen LogP contribution in [0, 0.1) is 18.7 Å². The summed E-state index contributed by atoms with van der Waals surface area (Å²) in [5.74, 6) is -6.53. The first-order valence-electron chi connectivity index (χ1n) is 10.2. The lowest BCUT2D eigenvalue weighted by Gasteiger charge is -2.32. The summed E-state index contributed by atoms with van der Waals surface area (Å²) in [6, 6.07) is 4.23. The van der Waals surface area contributed by atoms with E-state index in [9.17, 15) is 35.9 Å². The van der Waals surface area contributed by atoms with Gasteiger partial charge in [0.05, 0.1) is 0 Å². The number of nitrogens with zero attached hydrogens (tertiary/aromatic N) is 1. The Morgan fingerprint density at radius 1 is 1.26 bits per heavy atom. The van der Waals surface area contributed by atoms with Crippen molar-refractivity contribution in [3.05, 3.63) is 53.1 Å². The number of anilines is 1. The van der Waals surface area contributed by atoms with E-state index in [0.29, 0.717) is 0 Å². The fraction of sp³-hybridized carbons (Fsp3) is 0.409. The Balaban J connectivity index is 2.10.